The van der Waals surface area contributed by atoms with E-state index < -0.39 is 0 Å². The van der Waals surface area contributed by atoms with Gasteiger partial charge in [0, 0.05) is 13.1 Å². The highest BCUT2D eigenvalue weighted by Gasteiger charge is 2.22. The first-order chi connectivity index (χ1) is 10.1. The van der Waals surface area contributed by atoms with Gasteiger partial charge >= 0.3 is 0 Å². The molecule has 1 aliphatic heterocycles. The number of phenols is 1. The molecule has 1 amide bonds. The number of hydrogen-bond donors (Lipinski definition) is 1. The number of nitrogens with zero attached hydrogens (tertiary/aromatic N) is 3. The number of aromatic nitrogens is 2. The van der Waals surface area contributed by atoms with Gasteiger partial charge in [-0.2, -0.15) is 0 Å². The Balaban J connectivity index is 1.73. The Bertz CT molecular complexity index is 691. The van der Waals surface area contributed by atoms with Crippen LogP contribution in [0.3, 0.4) is 0 Å². The summed E-state index contributed by atoms with van der Waals surface area (Å²) in [5.74, 6) is 0.267. The Kier molecular flexibility index (Phi) is 3.70. The third-order valence-corrected chi connectivity index (χ3v) is 4.40. The Morgan fingerprint density at radius 3 is 2.67 bits per heavy atom. The molecule has 0 saturated heterocycles. The Hall–Kier alpha value is -2.21. The standard InChI is InChI=1S/C15H15N3O2S/c1-10-14(21-17-16-10)15(20)18-8-6-12(7-9-18)11-2-4-13(19)5-3-11/h2-6,19H,7-9H2,1H3. The van der Waals surface area contributed by atoms with E-state index >= 15 is 0 Å². The summed E-state index contributed by atoms with van der Waals surface area (Å²) >= 11 is 1.15. The lowest BCUT2D eigenvalue weighted by Crippen LogP contribution is -2.34. The van der Waals surface area contributed by atoms with E-state index in [1.54, 1.807) is 19.1 Å². The number of carbonyl (C=O) groups is 1. The highest BCUT2D eigenvalue weighted by molar-refractivity contribution is 7.07. The quantitative estimate of drug-likeness (QED) is 0.925. The number of amides is 1. The third kappa shape index (κ3) is 2.80. The molecule has 1 N–H and O–H groups in total. The number of hydrogen-bond acceptors (Lipinski definition) is 5. The number of rotatable bonds is 2. The number of carbonyl (C=O) groups excluding carboxylic acids is 1. The highest BCUT2D eigenvalue weighted by Crippen LogP contribution is 2.25. The van der Waals surface area contributed by atoms with Crippen LogP contribution in [0.15, 0.2) is 30.3 Å². The average molecular weight is 301 g/mol. The maximum atomic E-state index is 12.4. The van der Waals surface area contributed by atoms with Gasteiger partial charge in [-0.15, -0.1) is 5.10 Å². The molecule has 2 aromatic rings. The summed E-state index contributed by atoms with van der Waals surface area (Å²) in [6, 6.07) is 7.16. The predicted molar refractivity (Wildman–Crippen MR) is 81.3 cm³/mol. The molecule has 1 aromatic heterocycles. The van der Waals surface area contributed by atoms with Crippen molar-refractivity contribution in [1.82, 2.24) is 14.5 Å². The Morgan fingerprint density at radius 1 is 1.33 bits per heavy atom. The molecule has 0 spiro atoms. The minimum absolute atomic E-state index is 0.00325. The third-order valence-electron chi connectivity index (χ3n) is 3.58. The topological polar surface area (TPSA) is 66.3 Å². The summed E-state index contributed by atoms with van der Waals surface area (Å²) in [6.45, 7) is 3.08. The summed E-state index contributed by atoms with van der Waals surface area (Å²) in [6.07, 6.45) is 2.87. The van der Waals surface area contributed by atoms with Crippen molar-refractivity contribution in [2.24, 2.45) is 0 Å². The zero-order chi connectivity index (χ0) is 14.8. The average Bonchev–Trinajstić information content (AvgIpc) is 2.94. The van der Waals surface area contributed by atoms with Crippen LogP contribution in [0.25, 0.3) is 5.57 Å². The molecule has 0 bridgehead atoms. The van der Waals surface area contributed by atoms with E-state index in [-0.39, 0.29) is 11.7 Å². The van der Waals surface area contributed by atoms with Crippen LogP contribution >= 0.6 is 11.5 Å². The molecule has 0 radical (unpaired) electrons. The van der Waals surface area contributed by atoms with Crippen molar-refractivity contribution in [3.63, 3.8) is 0 Å². The van der Waals surface area contributed by atoms with Crippen LogP contribution in [-0.2, 0) is 0 Å². The maximum Gasteiger partial charge on any atom is 0.267 e. The van der Waals surface area contributed by atoms with Crippen LogP contribution in [0.5, 0.6) is 5.75 Å². The molecule has 0 aliphatic carbocycles. The fraction of sp³-hybridized carbons (Fsp3) is 0.267. The monoisotopic (exact) mass is 301 g/mol. The molecule has 0 atom stereocenters. The SMILES string of the molecule is Cc1nnsc1C(=O)N1CC=C(c2ccc(O)cc2)CC1. The van der Waals surface area contributed by atoms with Crippen molar-refractivity contribution in [2.75, 3.05) is 13.1 Å². The molecule has 1 aliphatic rings. The first kappa shape index (κ1) is 13.8. The largest absolute Gasteiger partial charge is 0.508 e. The van der Waals surface area contributed by atoms with E-state index in [0.717, 1.165) is 23.5 Å². The van der Waals surface area contributed by atoms with Gasteiger partial charge in [0.2, 0.25) is 0 Å². The molecule has 0 saturated carbocycles. The van der Waals surface area contributed by atoms with Gasteiger partial charge in [0.05, 0.1) is 5.69 Å². The van der Waals surface area contributed by atoms with Gasteiger partial charge in [0.15, 0.2) is 0 Å². The van der Waals surface area contributed by atoms with Crippen molar-refractivity contribution >= 4 is 23.0 Å². The predicted octanol–water partition coefficient (Wildman–Crippen LogP) is 2.48. The molecular weight excluding hydrogens is 286 g/mol. The van der Waals surface area contributed by atoms with Crippen molar-refractivity contribution in [1.29, 1.82) is 0 Å². The van der Waals surface area contributed by atoms with Crippen molar-refractivity contribution < 1.29 is 9.90 Å². The van der Waals surface area contributed by atoms with Crippen LogP contribution in [0.2, 0.25) is 0 Å². The fourth-order valence-corrected chi connectivity index (χ4v) is 2.99. The summed E-state index contributed by atoms with van der Waals surface area (Å²) in [4.78, 5) is 14.8. The molecule has 0 fully saturated rings. The van der Waals surface area contributed by atoms with Crippen molar-refractivity contribution in [2.45, 2.75) is 13.3 Å². The summed E-state index contributed by atoms with van der Waals surface area (Å²) in [5, 5.41) is 13.2. The molecular formula is C15H15N3O2S. The summed E-state index contributed by atoms with van der Waals surface area (Å²) < 4.78 is 3.81. The molecule has 0 unspecified atom stereocenters. The second-order valence-corrected chi connectivity index (χ2v) is 5.72. The van der Waals surface area contributed by atoms with E-state index in [2.05, 4.69) is 15.7 Å². The molecule has 6 heteroatoms. The van der Waals surface area contributed by atoms with E-state index in [4.69, 9.17) is 0 Å². The maximum absolute atomic E-state index is 12.4. The van der Waals surface area contributed by atoms with Gasteiger partial charge in [-0.05, 0) is 48.1 Å². The number of phenolic OH excluding ortho intramolecular Hbond substituents is 1. The van der Waals surface area contributed by atoms with Crippen LogP contribution in [0, 0.1) is 6.92 Å². The number of benzene rings is 1. The van der Waals surface area contributed by atoms with Gasteiger partial charge in [-0.25, -0.2) is 0 Å². The Morgan fingerprint density at radius 2 is 2.10 bits per heavy atom. The molecule has 1 aromatic carbocycles. The summed E-state index contributed by atoms with van der Waals surface area (Å²) in [5.41, 5.74) is 2.99. The van der Waals surface area contributed by atoms with Crippen LogP contribution in [0.1, 0.15) is 27.3 Å². The second-order valence-electron chi connectivity index (χ2n) is 4.96. The van der Waals surface area contributed by atoms with Gasteiger partial charge < -0.3 is 10.0 Å². The van der Waals surface area contributed by atoms with Crippen LogP contribution in [-0.4, -0.2) is 38.6 Å². The van der Waals surface area contributed by atoms with Gasteiger partial charge in [0.1, 0.15) is 10.6 Å². The lowest BCUT2D eigenvalue weighted by Gasteiger charge is -2.26. The minimum Gasteiger partial charge on any atom is -0.508 e. The van der Waals surface area contributed by atoms with Gasteiger partial charge in [-0.3, -0.25) is 4.79 Å². The van der Waals surface area contributed by atoms with E-state index in [9.17, 15) is 9.90 Å². The van der Waals surface area contributed by atoms with E-state index in [1.165, 1.54) is 5.57 Å². The first-order valence-corrected chi connectivity index (χ1v) is 7.49. The second kappa shape index (κ2) is 5.65. The Labute approximate surface area is 126 Å². The number of aryl methyl sites for hydroxylation is 1. The fourth-order valence-electron chi connectivity index (χ4n) is 2.36. The lowest BCUT2D eigenvalue weighted by molar-refractivity contribution is 0.0777. The smallest absolute Gasteiger partial charge is 0.267 e. The number of aromatic hydroxyl groups is 1. The van der Waals surface area contributed by atoms with Crippen LogP contribution < -0.4 is 0 Å². The van der Waals surface area contributed by atoms with Crippen molar-refractivity contribution in [3.05, 3.63) is 46.5 Å². The molecule has 2 heterocycles. The molecule has 108 valence electrons. The van der Waals surface area contributed by atoms with Gasteiger partial charge in [-0.1, -0.05) is 22.7 Å². The minimum atomic E-state index is 0.00325. The molecule has 5 nitrogen and oxygen atoms in total. The highest BCUT2D eigenvalue weighted by atomic mass is 32.1. The van der Waals surface area contributed by atoms with Crippen molar-refractivity contribution in [3.8, 4) is 5.75 Å². The molecule has 21 heavy (non-hydrogen) atoms. The lowest BCUT2D eigenvalue weighted by atomic mass is 9.99. The zero-order valence-electron chi connectivity index (χ0n) is 11.6. The van der Waals surface area contributed by atoms with Gasteiger partial charge in [0.25, 0.3) is 5.91 Å². The van der Waals surface area contributed by atoms with Crippen LogP contribution in [0.4, 0.5) is 0 Å². The zero-order valence-corrected chi connectivity index (χ0v) is 12.4. The first-order valence-electron chi connectivity index (χ1n) is 6.72. The van der Waals surface area contributed by atoms with E-state index in [0.29, 0.717) is 23.7 Å². The molecule has 3 rings (SSSR count). The summed E-state index contributed by atoms with van der Waals surface area (Å²) in [7, 11) is 0. The normalized spacial score (nSPS) is 14.9. The van der Waals surface area contributed by atoms with E-state index in [1.807, 2.05) is 17.0 Å².